The van der Waals surface area contributed by atoms with Gasteiger partial charge in [-0.05, 0) is 60.7 Å². The van der Waals surface area contributed by atoms with Crippen LogP contribution in [0, 0.1) is 5.41 Å². The fourth-order valence-corrected chi connectivity index (χ4v) is 7.83. The second-order valence-electron chi connectivity index (χ2n) is 11.5. The van der Waals surface area contributed by atoms with Crippen LogP contribution < -0.4 is 10.0 Å². The lowest BCUT2D eigenvalue weighted by molar-refractivity contribution is 0.206. The van der Waals surface area contributed by atoms with Gasteiger partial charge < -0.3 is 10.3 Å². The highest BCUT2D eigenvalue weighted by atomic mass is 32.2. The van der Waals surface area contributed by atoms with Crippen LogP contribution in [0.1, 0.15) is 35.4 Å². The Labute approximate surface area is 259 Å². The molecule has 5 aromatic rings. The molecule has 0 unspecified atom stereocenters. The number of nitrogens with two attached hydrogens (primary N) is 1. The molecule has 9 heteroatoms. The second kappa shape index (κ2) is 12.6. The van der Waals surface area contributed by atoms with Crippen molar-refractivity contribution in [3.8, 4) is 0 Å². The number of piperidine rings is 1. The molecule has 1 aromatic heterocycles. The molecule has 0 atom stereocenters. The Morgan fingerprint density at radius 2 is 1.55 bits per heavy atom. The third-order valence-electron chi connectivity index (χ3n) is 8.55. The summed E-state index contributed by atoms with van der Waals surface area (Å²) in [7, 11) is -1.80. The second-order valence-corrected chi connectivity index (χ2v) is 13.3. The highest BCUT2D eigenvalue weighted by molar-refractivity contribution is 7.92. The maximum Gasteiger partial charge on any atom is 0.264 e. The number of benzene rings is 4. The first-order chi connectivity index (χ1) is 21.3. The largest absolute Gasteiger partial charge is 0.384 e. The number of amidine groups is 1. The van der Waals surface area contributed by atoms with E-state index in [1.54, 1.807) is 28.6 Å². The highest BCUT2D eigenvalue weighted by Gasteiger charge is 2.34. The Bertz CT molecular complexity index is 1850. The van der Waals surface area contributed by atoms with Crippen molar-refractivity contribution in [3.63, 3.8) is 0 Å². The Balaban J connectivity index is 1.26. The first-order valence-corrected chi connectivity index (χ1v) is 16.5. The standard InChI is InChI=1S/C35H38N6O2S/c1-39-33-18-17-30(24-32(33)38-34(39)19-14-26-12-15-28(16-13-26)35(36)37)41(44(42,43)31-10-6-3-7-11-31)29-20-22-40(23-21-29)25-27-8-4-2-5-9-27/h2-13,15-18,24,29H,14,19-23,25H2,1H3,(H3,36,37). The van der Waals surface area contributed by atoms with Crippen molar-refractivity contribution in [2.45, 2.75) is 43.2 Å². The third kappa shape index (κ3) is 6.25. The van der Waals surface area contributed by atoms with Gasteiger partial charge in [-0.1, -0.05) is 72.8 Å². The number of hydrogen-bond donors (Lipinski definition) is 2. The van der Waals surface area contributed by atoms with Crippen molar-refractivity contribution in [2.75, 3.05) is 17.4 Å². The summed E-state index contributed by atoms with van der Waals surface area (Å²) in [6, 6.07) is 32.6. The Hall–Kier alpha value is -4.47. The lowest BCUT2D eigenvalue weighted by Gasteiger charge is -2.39. The van der Waals surface area contributed by atoms with Gasteiger partial charge in [-0.3, -0.25) is 14.6 Å². The predicted molar refractivity (Wildman–Crippen MR) is 176 cm³/mol. The molecular formula is C35H38N6O2S. The van der Waals surface area contributed by atoms with Crippen LogP contribution in [0.2, 0.25) is 0 Å². The van der Waals surface area contributed by atoms with Crippen molar-refractivity contribution < 1.29 is 8.42 Å². The van der Waals surface area contributed by atoms with E-state index < -0.39 is 10.0 Å². The molecule has 1 aliphatic rings. The molecule has 44 heavy (non-hydrogen) atoms. The predicted octanol–water partition coefficient (Wildman–Crippen LogP) is 5.50. The summed E-state index contributed by atoms with van der Waals surface area (Å²) >= 11 is 0. The zero-order valence-electron chi connectivity index (χ0n) is 24.9. The zero-order valence-corrected chi connectivity index (χ0v) is 25.7. The molecule has 1 fully saturated rings. The van der Waals surface area contributed by atoms with Crippen molar-refractivity contribution in [1.29, 1.82) is 5.41 Å². The molecule has 6 rings (SSSR count). The summed E-state index contributed by atoms with van der Waals surface area (Å²) in [5.74, 6) is 0.989. The van der Waals surface area contributed by atoms with Crippen LogP contribution in [0.5, 0.6) is 0 Å². The third-order valence-corrected chi connectivity index (χ3v) is 10.4. The minimum absolute atomic E-state index is 0.0590. The summed E-state index contributed by atoms with van der Waals surface area (Å²) in [6.07, 6.45) is 3.00. The van der Waals surface area contributed by atoms with Gasteiger partial charge in [0.15, 0.2) is 0 Å². The molecule has 1 aliphatic heterocycles. The highest BCUT2D eigenvalue weighted by Crippen LogP contribution is 2.33. The maximum atomic E-state index is 14.2. The van der Waals surface area contributed by atoms with E-state index in [9.17, 15) is 8.42 Å². The summed E-state index contributed by atoms with van der Waals surface area (Å²) in [4.78, 5) is 7.65. The van der Waals surface area contributed by atoms with E-state index in [0.717, 1.165) is 67.7 Å². The molecule has 0 spiro atoms. The van der Waals surface area contributed by atoms with Gasteiger partial charge >= 0.3 is 0 Å². The van der Waals surface area contributed by atoms with Gasteiger partial charge in [0.05, 0.1) is 21.6 Å². The minimum Gasteiger partial charge on any atom is -0.384 e. The molecule has 8 nitrogen and oxygen atoms in total. The van der Waals surface area contributed by atoms with E-state index in [4.69, 9.17) is 16.1 Å². The smallest absolute Gasteiger partial charge is 0.264 e. The van der Waals surface area contributed by atoms with Crippen LogP contribution in [0.4, 0.5) is 5.69 Å². The number of nitrogens with zero attached hydrogens (tertiary/aromatic N) is 4. The van der Waals surface area contributed by atoms with Gasteiger partial charge in [-0.2, -0.15) is 0 Å². The number of aryl methyl sites for hydroxylation is 3. The average molecular weight is 607 g/mol. The average Bonchev–Trinajstić information content (AvgIpc) is 3.36. The number of hydrogen-bond acceptors (Lipinski definition) is 5. The van der Waals surface area contributed by atoms with Crippen LogP contribution in [-0.4, -0.2) is 47.8 Å². The van der Waals surface area contributed by atoms with Gasteiger partial charge in [-0.25, -0.2) is 13.4 Å². The molecule has 4 aromatic carbocycles. The number of aromatic nitrogens is 2. The fourth-order valence-electron chi connectivity index (χ4n) is 6.11. The SMILES string of the molecule is Cn1c(CCc2ccc(C(=N)N)cc2)nc2cc(N(C3CCN(Cc4ccccc4)CC3)S(=O)(=O)c3ccccc3)ccc21. The molecule has 2 heterocycles. The normalized spacial score (nSPS) is 14.6. The van der Waals surface area contributed by atoms with Gasteiger partial charge in [0.1, 0.15) is 11.7 Å². The number of likely N-dealkylation sites (tertiary alicyclic amines) is 1. The summed E-state index contributed by atoms with van der Waals surface area (Å²) in [5, 5.41) is 7.60. The number of fused-ring (bicyclic) bond motifs is 1. The van der Waals surface area contributed by atoms with Crippen molar-refractivity contribution in [3.05, 3.63) is 126 Å². The van der Waals surface area contributed by atoms with Gasteiger partial charge in [0, 0.05) is 44.7 Å². The molecule has 3 N–H and O–H groups in total. The molecule has 0 radical (unpaired) electrons. The van der Waals surface area contributed by atoms with Crippen molar-refractivity contribution in [2.24, 2.45) is 12.8 Å². The minimum atomic E-state index is -3.80. The van der Waals surface area contributed by atoms with Crippen molar-refractivity contribution >= 4 is 32.6 Å². The number of imidazole rings is 1. The first-order valence-electron chi connectivity index (χ1n) is 15.0. The van der Waals surface area contributed by atoms with Crippen LogP contribution in [0.25, 0.3) is 11.0 Å². The Kier molecular flexibility index (Phi) is 8.50. The molecular weight excluding hydrogens is 568 g/mol. The van der Waals surface area contributed by atoms with Crippen LogP contribution in [0.3, 0.4) is 0 Å². The Morgan fingerprint density at radius 1 is 0.886 bits per heavy atom. The van der Waals surface area contributed by atoms with Gasteiger partial charge in [0.2, 0.25) is 0 Å². The summed E-state index contributed by atoms with van der Waals surface area (Å²) in [6.45, 7) is 2.51. The molecule has 0 amide bonds. The lowest BCUT2D eigenvalue weighted by Crippen LogP contribution is -2.47. The topological polar surface area (TPSA) is 108 Å². The van der Waals surface area contributed by atoms with E-state index in [0.29, 0.717) is 16.1 Å². The number of rotatable bonds is 10. The fraction of sp³-hybridized carbons (Fsp3) is 0.257. The zero-order chi connectivity index (χ0) is 30.7. The monoisotopic (exact) mass is 606 g/mol. The number of nitrogens with one attached hydrogen (secondary N) is 1. The number of anilines is 1. The van der Waals surface area contributed by atoms with E-state index in [1.165, 1.54) is 5.56 Å². The van der Waals surface area contributed by atoms with E-state index in [-0.39, 0.29) is 11.9 Å². The van der Waals surface area contributed by atoms with E-state index >= 15 is 0 Å². The number of sulfonamides is 1. The molecule has 0 bridgehead atoms. The van der Waals surface area contributed by atoms with Gasteiger partial charge in [-0.15, -0.1) is 0 Å². The lowest BCUT2D eigenvalue weighted by atomic mass is 10.0. The molecule has 0 aliphatic carbocycles. The first kappa shape index (κ1) is 29.6. The van der Waals surface area contributed by atoms with Crippen LogP contribution >= 0.6 is 0 Å². The summed E-state index contributed by atoms with van der Waals surface area (Å²) < 4.78 is 32.1. The number of nitrogen functional groups attached to an aromatic ring is 1. The quantitative estimate of drug-likeness (QED) is 0.161. The molecule has 1 saturated heterocycles. The Morgan fingerprint density at radius 3 is 2.20 bits per heavy atom. The van der Waals surface area contributed by atoms with Crippen LogP contribution in [-0.2, 0) is 36.5 Å². The molecule has 226 valence electrons. The van der Waals surface area contributed by atoms with Gasteiger partial charge in [0.25, 0.3) is 10.0 Å². The summed E-state index contributed by atoms with van der Waals surface area (Å²) in [5.41, 5.74) is 11.1. The van der Waals surface area contributed by atoms with E-state index in [2.05, 4.69) is 33.7 Å². The van der Waals surface area contributed by atoms with E-state index in [1.807, 2.05) is 61.6 Å². The maximum absolute atomic E-state index is 14.2. The van der Waals surface area contributed by atoms with Crippen LogP contribution in [0.15, 0.2) is 108 Å². The van der Waals surface area contributed by atoms with Crippen molar-refractivity contribution in [1.82, 2.24) is 14.5 Å². The molecule has 0 saturated carbocycles.